The van der Waals surface area contributed by atoms with Gasteiger partial charge in [0.1, 0.15) is 18.5 Å². The molecule has 3 nitrogen and oxygen atoms in total. The SMILES string of the molecule is CC(C)c1ccccc1OC[C@@H](O)CN1CCCC[C@@H]1C. The average molecular weight is 291 g/mol. The van der Waals surface area contributed by atoms with E-state index in [-0.39, 0.29) is 0 Å². The maximum absolute atomic E-state index is 10.2. The van der Waals surface area contributed by atoms with Crippen molar-refractivity contribution in [1.29, 1.82) is 0 Å². The molecule has 0 radical (unpaired) electrons. The lowest BCUT2D eigenvalue weighted by Gasteiger charge is -2.34. The normalized spacial score (nSPS) is 21.5. The van der Waals surface area contributed by atoms with E-state index in [2.05, 4.69) is 31.7 Å². The van der Waals surface area contributed by atoms with Gasteiger partial charge < -0.3 is 9.84 Å². The average Bonchev–Trinajstić information content (AvgIpc) is 2.48. The number of ether oxygens (including phenoxy) is 1. The topological polar surface area (TPSA) is 32.7 Å². The fourth-order valence-corrected chi connectivity index (χ4v) is 3.03. The molecule has 1 fully saturated rings. The third-order valence-electron chi connectivity index (χ3n) is 4.36. The van der Waals surface area contributed by atoms with Crippen LogP contribution >= 0.6 is 0 Å². The first kappa shape index (κ1) is 16.3. The van der Waals surface area contributed by atoms with Gasteiger partial charge in [0.25, 0.3) is 0 Å². The highest BCUT2D eigenvalue weighted by molar-refractivity contribution is 5.35. The molecule has 1 aliphatic heterocycles. The summed E-state index contributed by atoms with van der Waals surface area (Å²) in [5, 5.41) is 10.2. The van der Waals surface area contributed by atoms with Crippen LogP contribution in [0.15, 0.2) is 24.3 Å². The van der Waals surface area contributed by atoms with Gasteiger partial charge in [-0.3, -0.25) is 4.90 Å². The summed E-state index contributed by atoms with van der Waals surface area (Å²) in [5.41, 5.74) is 1.20. The molecule has 1 aromatic carbocycles. The Balaban J connectivity index is 1.85. The van der Waals surface area contributed by atoms with Crippen molar-refractivity contribution in [2.24, 2.45) is 0 Å². The number of likely N-dealkylation sites (tertiary alicyclic amines) is 1. The number of para-hydroxylation sites is 1. The van der Waals surface area contributed by atoms with E-state index >= 15 is 0 Å². The Morgan fingerprint density at radius 3 is 2.76 bits per heavy atom. The zero-order valence-corrected chi connectivity index (χ0v) is 13.6. The molecule has 0 aliphatic carbocycles. The largest absolute Gasteiger partial charge is 0.491 e. The van der Waals surface area contributed by atoms with Crippen molar-refractivity contribution in [2.45, 2.75) is 58.1 Å². The molecule has 2 atom stereocenters. The fraction of sp³-hybridized carbons (Fsp3) is 0.667. The Labute approximate surface area is 128 Å². The first-order chi connectivity index (χ1) is 10.1. The third kappa shape index (κ3) is 4.72. The van der Waals surface area contributed by atoms with Crippen LogP contribution < -0.4 is 4.74 Å². The fourth-order valence-electron chi connectivity index (χ4n) is 3.03. The summed E-state index contributed by atoms with van der Waals surface area (Å²) in [7, 11) is 0. The van der Waals surface area contributed by atoms with Crippen molar-refractivity contribution >= 4 is 0 Å². The molecule has 3 heteroatoms. The van der Waals surface area contributed by atoms with Crippen molar-refractivity contribution < 1.29 is 9.84 Å². The first-order valence-corrected chi connectivity index (χ1v) is 8.21. The van der Waals surface area contributed by atoms with E-state index in [9.17, 15) is 5.11 Å². The summed E-state index contributed by atoms with van der Waals surface area (Å²) in [6, 6.07) is 8.69. The van der Waals surface area contributed by atoms with E-state index in [0.717, 1.165) is 12.3 Å². The molecule has 1 aromatic rings. The van der Waals surface area contributed by atoms with Gasteiger partial charge in [0.05, 0.1) is 0 Å². The molecule has 0 bridgehead atoms. The molecule has 1 saturated heterocycles. The van der Waals surface area contributed by atoms with Gasteiger partial charge in [0.15, 0.2) is 0 Å². The molecule has 1 aliphatic rings. The second-order valence-electron chi connectivity index (χ2n) is 6.50. The highest BCUT2D eigenvalue weighted by Gasteiger charge is 2.21. The number of aliphatic hydroxyl groups is 1. The number of β-amino-alcohol motifs (C(OH)–C–C–N with tert-alkyl or cyclic N) is 1. The van der Waals surface area contributed by atoms with E-state index in [1.807, 2.05) is 18.2 Å². The van der Waals surface area contributed by atoms with Crippen molar-refractivity contribution in [3.8, 4) is 5.75 Å². The van der Waals surface area contributed by atoms with Gasteiger partial charge in [-0.25, -0.2) is 0 Å². The van der Waals surface area contributed by atoms with E-state index in [0.29, 0.717) is 25.1 Å². The molecule has 0 unspecified atom stereocenters. The first-order valence-electron chi connectivity index (χ1n) is 8.21. The minimum atomic E-state index is -0.425. The molecule has 0 spiro atoms. The van der Waals surface area contributed by atoms with Crippen LogP contribution in [0.5, 0.6) is 5.75 Å². The summed E-state index contributed by atoms with van der Waals surface area (Å²) < 4.78 is 5.86. The smallest absolute Gasteiger partial charge is 0.122 e. The number of benzene rings is 1. The summed E-state index contributed by atoms with van der Waals surface area (Å²) in [6.07, 6.45) is 3.37. The molecule has 2 rings (SSSR count). The maximum Gasteiger partial charge on any atom is 0.122 e. The zero-order valence-electron chi connectivity index (χ0n) is 13.6. The Morgan fingerprint density at radius 2 is 2.05 bits per heavy atom. The van der Waals surface area contributed by atoms with Crippen molar-refractivity contribution in [1.82, 2.24) is 4.90 Å². The number of piperidine rings is 1. The lowest BCUT2D eigenvalue weighted by molar-refractivity contribution is 0.0435. The van der Waals surface area contributed by atoms with Crippen LogP contribution in [-0.4, -0.2) is 41.8 Å². The minimum absolute atomic E-state index is 0.368. The zero-order chi connectivity index (χ0) is 15.2. The third-order valence-corrected chi connectivity index (χ3v) is 4.36. The lowest BCUT2D eigenvalue weighted by Crippen LogP contribution is -2.43. The predicted molar refractivity (Wildman–Crippen MR) is 86.9 cm³/mol. The molecular weight excluding hydrogens is 262 g/mol. The highest BCUT2D eigenvalue weighted by Crippen LogP contribution is 2.26. The van der Waals surface area contributed by atoms with E-state index < -0.39 is 6.10 Å². The Hall–Kier alpha value is -1.06. The monoisotopic (exact) mass is 291 g/mol. The molecule has 21 heavy (non-hydrogen) atoms. The van der Waals surface area contributed by atoms with Crippen LogP contribution in [0.3, 0.4) is 0 Å². The van der Waals surface area contributed by atoms with Crippen LogP contribution in [0, 0.1) is 0 Å². The molecule has 118 valence electrons. The van der Waals surface area contributed by atoms with Gasteiger partial charge in [-0.2, -0.15) is 0 Å². The Kier molecular flexibility index (Phi) is 6.07. The molecule has 1 N–H and O–H groups in total. The number of hydrogen-bond acceptors (Lipinski definition) is 3. The second kappa shape index (κ2) is 7.81. The summed E-state index contributed by atoms with van der Waals surface area (Å²) in [5.74, 6) is 1.33. The van der Waals surface area contributed by atoms with E-state index in [4.69, 9.17) is 4.74 Å². The summed E-state index contributed by atoms with van der Waals surface area (Å²) in [4.78, 5) is 2.38. The van der Waals surface area contributed by atoms with Gasteiger partial charge in [-0.15, -0.1) is 0 Å². The quantitative estimate of drug-likeness (QED) is 0.871. The molecule has 1 heterocycles. The van der Waals surface area contributed by atoms with Gasteiger partial charge in [-0.1, -0.05) is 38.5 Å². The summed E-state index contributed by atoms with van der Waals surface area (Å²) in [6.45, 7) is 8.75. The number of nitrogens with zero attached hydrogens (tertiary/aromatic N) is 1. The van der Waals surface area contributed by atoms with E-state index in [1.54, 1.807) is 0 Å². The van der Waals surface area contributed by atoms with Gasteiger partial charge in [-0.05, 0) is 43.9 Å². The number of rotatable bonds is 6. The molecular formula is C18H29NO2. The molecule has 0 saturated carbocycles. The minimum Gasteiger partial charge on any atom is -0.491 e. The van der Waals surface area contributed by atoms with Crippen LogP contribution in [0.4, 0.5) is 0 Å². The lowest BCUT2D eigenvalue weighted by atomic mass is 10.0. The van der Waals surface area contributed by atoms with Crippen LogP contribution in [0.2, 0.25) is 0 Å². The Bertz CT molecular complexity index is 433. The van der Waals surface area contributed by atoms with Crippen LogP contribution in [-0.2, 0) is 0 Å². The molecule has 0 aromatic heterocycles. The summed E-state index contributed by atoms with van der Waals surface area (Å²) >= 11 is 0. The number of aliphatic hydroxyl groups excluding tert-OH is 1. The predicted octanol–water partition coefficient (Wildman–Crippen LogP) is 3.42. The van der Waals surface area contributed by atoms with Crippen LogP contribution in [0.1, 0.15) is 51.5 Å². The van der Waals surface area contributed by atoms with Crippen LogP contribution in [0.25, 0.3) is 0 Å². The van der Waals surface area contributed by atoms with Gasteiger partial charge >= 0.3 is 0 Å². The Morgan fingerprint density at radius 1 is 1.29 bits per heavy atom. The van der Waals surface area contributed by atoms with Gasteiger partial charge in [0, 0.05) is 12.6 Å². The maximum atomic E-state index is 10.2. The second-order valence-corrected chi connectivity index (χ2v) is 6.50. The van der Waals surface area contributed by atoms with E-state index in [1.165, 1.54) is 24.8 Å². The van der Waals surface area contributed by atoms with Gasteiger partial charge in [0.2, 0.25) is 0 Å². The highest BCUT2D eigenvalue weighted by atomic mass is 16.5. The van der Waals surface area contributed by atoms with Crippen molar-refractivity contribution in [3.63, 3.8) is 0 Å². The van der Waals surface area contributed by atoms with Crippen molar-refractivity contribution in [2.75, 3.05) is 19.7 Å². The molecule has 0 amide bonds. The number of hydrogen-bond donors (Lipinski definition) is 1. The van der Waals surface area contributed by atoms with Crippen molar-refractivity contribution in [3.05, 3.63) is 29.8 Å². The standard InChI is InChI=1S/C18H29NO2/c1-14(2)17-9-4-5-10-18(17)21-13-16(20)12-19-11-7-6-8-15(19)3/h4-5,9-10,14-16,20H,6-8,11-13H2,1-3H3/t15-,16-/m0/s1.